The lowest BCUT2D eigenvalue weighted by Crippen LogP contribution is -2.34. The maximum absolute atomic E-state index is 13.1. The molecule has 1 heterocycles. The molecule has 4 nitrogen and oxygen atoms in total. The Balaban J connectivity index is 1.70. The van der Waals surface area contributed by atoms with Gasteiger partial charge in [-0.3, -0.25) is 4.79 Å². The predicted molar refractivity (Wildman–Crippen MR) is 98.5 cm³/mol. The molecule has 1 aliphatic heterocycles. The second-order valence-electron chi connectivity index (χ2n) is 6.42. The van der Waals surface area contributed by atoms with Gasteiger partial charge in [-0.1, -0.05) is 42.5 Å². The highest BCUT2D eigenvalue weighted by Gasteiger charge is 2.33. The number of alkyl halides is 3. The molecule has 0 unspecified atom stereocenters. The Kier molecular flexibility index (Phi) is 5.44. The van der Waals surface area contributed by atoms with Crippen LogP contribution in [0.3, 0.4) is 0 Å². The molecular weight excluding hydrogens is 371 g/mol. The summed E-state index contributed by atoms with van der Waals surface area (Å²) in [6.07, 6.45) is 1.12. The molecule has 0 aliphatic carbocycles. The van der Waals surface area contributed by atoms with E-state index in [0.29, 0.717) is 19.2 Å². The number of hydrogen-bond donors (Lipinski definition) is 2. The highest BCUT2D eigenvalue weighted by molar-refractivity contribution is 5.88. The molecule has 0 saturated carbocycles. The molecule has 0 atom stereocenters. The number of hydrogen-bond acceptors (Lipinski definition) is 3. The van der Waals surface area contributed by atoms with Gasteiger partial charge in [0.15, 0.2) is 11.5 Å². The quantitative estimate of drug-likeness (QED) is 0.468. The van der Waals surface area contributed by atoms with Gasteiger partial charge >= 0.3 is 6.18 Å². The van der Waals surface area contributed by atoms with Crippen molar-refractivity contribution in [1.82, 2.24) is 4.90 Å². The summed E-state index contributed by atoms with van der Waals surface area (Å²) in [4.78, 5) is 14.0. The van der Waals surface area contributed by atoms with Gasteiger partial charge in [0.25, 0.3) is 0 Å². The largest absolute Gasteiger partial charge is 0.504 e. The van der Waals surface area contributed by atoms with E-state index >= 15 is 0 Å². The molecule has 0 aromatic heterocycles. The minimum absolute atomic E-state index is 0.233. The van der Waals surface area contributed by atoms with Gasteiger partial charge in [-0.15, -0.1) is 0 Å². The average molecular weight is 389 g/mol. The molecule has 2 aromatic carbocycles. The second kappa shape index (κ2) is 7.80. The summed E-state index contributed by atoms with van der Waals surface area (Å²) in [6.45, 7) is 1.07. The number of aromatic hydroxyl groups is 2. The Bertz CT molecular complexity index is 948. The van der Waals surface area contributed by atoms with E-state index in [9.17, 15) is 28.2 Å². The number of rotatable bonds is 3. The van der Waals surface area contributed by atoms with Gasteiger partial charge in [0.1, 0.15) is 0 Å². The van der Waals surface area contributed by atoms with Crippen molar-refractivity contribution in [3.05, 3.63) is 76.9 Å². The fraction of sp³-hybridized carbons (Fsp3) is 0.190. The Labute approximate surface area is 159 Å². The van der Waals surface area contributed by atoms with Crippen LogP contribution in [0.25, 0.3) is 6.08 Å². The second-order valence-corrected chi connectivity index (χ2v) is 6.42. The predicted octanol–water partition coefficient (Wildman–Crippen LogP) is 4.27. The van der Waals surface area contributed by atoms with Gasteiger partial charge in [-0.05, 0) is 35.2 Å². The summed E-state index contributed by atoms with van der Waals surface area (Å²) < 4.78 is 39.2. The molecule has 3 rings (SSSR count). The molecule has 2 N–H and O–H groups in total. The van der Waals surface area contributed by atoms with Crippen molar-refractivity contribution in [2.45, 2.75) is 19.1 Å². The smallest absolute Gasteiger partial charge is 0.417 e. The molecule has 146 valence electrons. The maximum Gasteiger partial charge on any atom is 0.417 e. The number of phenols is 2. The zero-order valence-corrected chi connectivity index (χ0v) is 14.8. The van der Waals surface area contributed by atoms with E-state index in [2.05, 4.69) is 0 Å². The zero-order chi connectivity index (χ0) is 20.3. The van der Waals surface area contributed by atoms with Crippen LogP contribution in [0.15, 0.2) is 54.6 Å². The van der Waals surface area contributed by atoms with E-state index in [0.717, 1.165) is 24.1 Å². The first-order chi connectivity index (χ1) is 13.3. The lowest BCUT2D eigenvalue weighted by atomic mass is 10.00. The van der Waals surface area contributed by atoms with Crippen molar-refractivity contribution >= 4 is 12.0 Å². The molecule has 2 aromatic rings. The SMILES string of the molecule is O=C(/C=C/C=C/c1cc(O)c(O)cc1C(F)(F)F)N1CCc2ccccc2C1. The van der Waals surface area contributed by atoms with Gasteiger partial charge < -0.3 is 15.1 Å². The maximum atomic E-state index is 13.1. The van der Waals surface area contributed by atoms with Crippen LogP contribution in [-0.4, -0.2) is 27.6 Å². The third kappa shape index (κ3) is 4.36. The molecule has 0 bridgehead atoms. The molecule has 28 heavy (non-hydrogen) atoms. The lowest BCUT2D eigenvalue weighted by Gasteiger charge is -2.27. The number of halogens is 3. The monoisotopic (exact) mass is 389 g/mol. The fourth-order valence-corrected chi connectivity index (χ4v) is 3.06. The fourth-order valence-electron chi connectivity index (χ4n) is 3.06. The van der Waals surface area contributed by atoms with E-state index in [1.165, 1.54) is 23.8 Å². The number of fused-ring (bicyclic) bond motifs is 1. The highest BCUT2D eigenvalue weighted by atomic mass is 19.4. The Morgan fingerprint density at radius 2 is 1.71 bits per heavy atom. The summed E-state index contributed by atoms with van der Waals surface area (Å²) in [7, 11) is 0. The standard InChI is InChI=1S/C21H18F3NO3/c22-21(23,24)17-12-19(27)18(26)11-15(17)6-3-4-8-20(28)25-10-9-14-5-1-2-7-16(14)13-25/h1-8,11-12,26-27H,9-10,13H2/b6-3+,8-4+. The van der Waals surface area contributed by atoms with Crippen molar-refractivity contribution in [2.75, 3.05) is 6.54 Å². The van der Waals surface area contributed by atoms with E-state index in [-0.39, 0.29) is 11.5 Å². The van der Waals surface area contributed by atoms with E-state index < -0.39 is 23.2 Å². The third-order valence-electron chi connectivity index (χ3n) is 4.52. The molecule has 0 spiro atoms. The van der Waals surface area contributed by atoms with E-state index in [1.807, 2.05) is 24.3 Å². The van der Waals surface area contributed by atoms with Crippen molar-refractivity contribution in [1.29, 1.82) is 0 Å². The topological polar surface area (TPSA) is 60.8 Å². The lowest BCUT2D eigenvalue weighted by molar-refractivity contribution is -0.137. The summed E-state index contributed by atoms with van der Waals surface area (Å²) in [5, 5.41) is 18.8. The van der Waals surface area contributed by atoms with Gasteiger partial charge in [0.2, 0.25) is 5.91 Å². The van der Waals surface area contributed by atoms with Crippen molar-refractivity contribution in [3.63, 3.8) is 0 Å². The Morgan fingerprint density at radius 3 is 2.43 bits per heavy atom. The Morgan fingerprint density at radius 1 is 1.04 bits per heavy atom. The molecule has 7 heteroatoms. The molecular formula is C21H18F3NO3. The normalized spacial score (nSPS) is 14.6. The van der Waals surface area contributed by atoms with Gasteiger partial charge in [-0.2, -0.15) is 13.2 Å². The number of phenolic OH excluding ortho intramolecular Hbond substituents is 2. The van der Waals surface area contributed by atoms with Crippen LogP contribution in [-0.2, 0) is 23.9 Å². The molecule has 1 aliphatic rings. The zero-order valence-electron chi connectivity index (χ0n) is 14.8. The number of nitrogens with zero attached hydrogens (tertiary/aromatic N) is 1. The summed E-state index contributed by atoms with van der Waals surface area (Å²) in [6, 6.07) is 9.16. The van der Waals surface area contributed by atoms with E-state index in [4.69, 9.17) is 0 Å². The number of amides is 1. The highest BCUT2D eigenvalue weighted by Crippen LogP contribution is 2.38. The van der Waals surface area contributed by atoms with Crippen LogP contribution in [0.2, 0.25) is 0 Å². The first kappa shape index (κ1) is 19.5. The van der Waals surface area contributed by atoms with Crippen molar-refractivity contribution in [3.8, 4) is 11.5 Å². The van der Waals surface area contributed by atoms with Gasteiger partial charge in [-0.25, -0.2) is 0 Å². The first-order valence-corrected chi connectivity index (χ1v) is 8.59. The van der Waals surface area contributed by atoms with Crippen molar-refractivity contribution < 1.29 is 28.2 Å². The van der Waals surface area contributed by atoms with Gasteiger partial charge in [0.05, 0.1) is 5.56 Å². The van der Waals surface area contributed by atoms with Crippen LogP contribution in [0.4, 0.5) is 13.2 Å². The van der Waals surface area contributed by atoms with Crippen LogP contribution >= 0.6 is 0 Å². The molecule has 0 radical (unpaired) electrons. The first-order valence-electron chi connectivity index (χ1n) is 8.59. The minimum Gasteiger partial charge on any atom is -0.504 e. The van der Waals surface area contributed by atoms with Gasteiger partial charge in [0, 0.05) is 19.2 Å². The minimum atomic E-state index is -4.69. The third-order valence-corrected chi connectivity index (χ3v) is 4.52. The molecule has 0 fully saturated rings. The van der Waals surface area contributed by atoms with Crippen LogP contribution in [0, 0.1) is 0 Å². The summed E-state index contributed by atoms with van der Waals surface area (Å²) >= 11 is 0. The van der Waals surface area contributed by atoms with E-state index in [1.54, 1.807) is 4.90 Å². The van der Waals surface area contributed by atoms with Crippen LogP contribution in [0.1, 0.15) is 22.3 Å². The number of carbonyl (C=O) groups is 1. The number of allylic oxidation sites excluding steroid dienone is 2. The number of carbonyl (C=O) groups excluding carboxylic acids is 1. The Hall–Kier alpha value is -3.22. The molecule has 0 saturated heterocycles. The van der Waals surface area contributed by atoms with Crippen LogP contribution in [0.5, 0.6) is 11.5 Å². The van der Waals surface area contributed by atoms with Crippen LogP contribution < -0.4 is 0 Å². The summed E-state index contributed by atoms with van der Waals surface area (Å²) in [5.41, 5.74) is 0.904. The van der Waals surface area contributed by atoms with Crippen molar-refractivity contribution in [2.24, 2.45) is 0 Å². The average Bonchev–Trinajstić information content (AvgIpc) is 2.66. The molecule has 1 amide bonds. The number of benzene rings is 2. The summed E-state index contributed by atoms with van der Waals surface area (Å²) in [5.74, 6) is -1.73.